The summed E-state index contributed by atoms with van der Waals surface area (Å²) in [5, 5.41) is 2.62. The molecule has 0 saturated carbocycles. The smallest absolute Gasteiger partial charge is 0.331 e. The third-order valence-corrected chi connectivity index (χ3v) is 7.07. The van der Waals surface area contributed by atoms with Gasteiger partial charge in [-0.15, -0.1) is 0 Å². The first-order chi connectivity index (χ1) is 18.6. The summed E-state index contributed by atoms with van der Waals surface area (Å²) in [6.45, 7) is 8.94. The van der Waals surface area contributed by atoms with Gasteiger partial charge >= 0.3 is 12.4 Å². The van der Waals surface area contributed by atoms with Gasteiger partial charge in [-0.05, 0) is 62.8 Å². The topological polar surface area (TPSA) is 58.5 Å². The average molecular weight is 567 g/mol. The van der Waals surface area contributed by atoms with E-state index in [0.717, 1.165) is 34.7 Å². The van der Waals surface area contributed by atoms with E-state index in [1.165, 1.54) is 0 Å². The van der Waals surface area contributed by atoms with E-state index in [2.05, 4.69) is 11.9 Å². The molecule has 10 heteroatoms. The summed E-state index contributed by atoms with van der Waals surface area (Å²) in [6, 6.07) is 13.1. The second kappa shape index (κ2) is 12.4. The maximum Gasteiger partial charge on any atom is 0.389 e. The van der Waals surface area contributed by atoms with Crippen molar-refractivity contribution in [1.29, 1.82) is 0 Å². The molecule has 1 amide bonds. The van der Waals surface area contributed by atoms with Crippen LogP contribution in [0.5, 0.6) is 0 Å². The van der Waals surface area contributed by atoms with E-state index in [4.69, 9.17) is 4.99 Å². The molecule has 0 aromatic heterocycles. The van der Waals surface area contributed by atoms with Gasteiger partial charge in [0.15, 0.2) is 0 Å². The van der Waals surface area contributed by atoms with Gasteiger partial charge in [0.2, 0.25) is 5.91 Å². The molecule has 4 nitrogen and oxygen atoms in total. The van der Waals surface area contributed by atoms with Crippen LogP contribution in [0.3, 0.4) is 0 Å². The molecule has 1 aliphatic rings. The van der Waals surface area contributed by atoms with Crippen LogP contribution in [0.2, 0.25) is 0 Å². The number of hydrogen-bond donors (Lipinski definition) is 1. The van der Waals surface area contributed by atoms with Crippen molar-refractivity contribution in [1.82, 2.24) is 5.32 Å². The lowest BCUT2D eigenvalue weighted by molar-refractivity contribution is -0.151. The minimum Gasteiger partial charge on any atom is -0.331 e. The molecule has 0 unspecified atom stereocenters. The fourth-order valence-electron chi connectivity index (χ4n) is 5.10. The molecule has 0 aliphatic carbocycles. The first-order valence-electron chi connectivity index (χ1n) is 12.9. The number of Topliss-reactive ketones (excluding diaryl/α,β-unsaturated/α-hetero) is 1. The summed E-state index contributed by atoms with van der Waals surface area (Å²) >= 11 is 0. The third-order valence-electron chi connectivity index (χ3n) is 7.07. The number of halogens is 6. The summed E-state index contributed by atoms with van der Waals surface area (Å²) in [6.07, 6.45) is -14.5. The Morgan fingerprint density at radius 2 is 1.55 bits per heavy atom. The van der Waals surface area contributed by atoms with E-state index in [0.29, 0.717) is 17.7 Å². The van der Waals surface area contributed by atoms with E-state index >= 15 is 0 Å². The fourth-order valence-corrected chi connectivity index (χ4v) is 5.10. The van der Waals surface area contributed by atoms with Gasteiger partial charge in [0, 0.05) is 35.8 Å². The van der Waals surface area contributed by atoms with Gasteiger partial charge in [0.25, 0.3) is 0 Å². The van der Waals surface area contributed by atoms with Crippen LogP contribution in [-0.4, -0.2) is 35.9 Å². The Hall–Kier alpha value is -3.43. The number of benzene rings is 2. The minimum absolute atomic E-state index is 0.309. The zero-order valence-electron chi connectivity index (χ0n) is 22.5. The Balaban J connectivity index is 2.02. The first kappa shape index (κ1) is 31.1. The van der Waals surface area contributed by atoms with E-state index < -0.39 is 67.7 Å². The van der Waals surface area contributed by atoms with Crippen LogP contribution in [0.4, 0.5) is 26.3 Å². The van der Waals surface area contributed by atoms with Gasteiger partial charge in [-0.1, -0.05) is 48.5 Å². The number of fused-ring (bicyclic) bond motifs is 1. The predicted molar refractivity (Wildman–Crippen MR) is 141 cm³/mol. The monoisotopic (exact) mass is 566 g/mol. The highest BCUT2D eigenvalue weighted by molar-refractivity contribution is 6.14. The standard InChI is InChI=1S/C30H32F6N2O2/c1-17-14-18(2)24-16-19(3)27(37-26(25(24)15-17)21-8-6-5-7-9-21)38-28(40)23(11-13-30(34,35)36)22(20(4)39)10-12-29(31,32)33/h5-9,14-15,22-23,27H,3,10-13,16H2,1-2,4H3,(H,38,40)/t22-,23-,27-/m1/s1. The van der Waals surface area contributed by atoms with Gasteiger partial charge in [-0.25, -0.2) is 0 Å². The van der Waals surface area contributed by atoms with E-state index in [1.54, 1.807) is 0 Å². The largest absolute Gasteiger partial charge is 0.389 e. The lowest BCUT2D eigenvalue weighted by Crippen LogP contribution is -2.43. The molecular formula is C30H32F6N2O2. The molecule has 0 saturated heterocycles. The number of alkyl halides is 6. The predicted octanol–water partition coefficient (Wildman–Crippen LogP) is 7.20. The van der Waals surface area contributed by atoms with Crippen LogP contribution in [0, 0.1) is 25.7 Å². The van der Waals surface area contributed by atoms with Crippen molar-refractivity contribution < 1.29 is 35.9 Å². The zero-order valence-corrected chi connectivity index (χ0v) is 22.5. The Morgan fingerprint density at radius 3 is 2.10 bits per heavy atom. The molecule has 2 aromatic carbocycles. The van der Waals surface area contributed by atoms with Crippen LogP contribution in [0.15, 0.2) is 59.6 Å². The maximum atomic E-state index is 13.5. The molecule has 0 spiro atoms. The van der Waals surface area contributed by atoms with Crippen molar-refractivity contribution in [2.75, 3.05) is 0 Å². The van der Waals surface area contributed by atoms with Crippen LogP contribution in [0.25, 0.3) is 0 Å². The van der Waals surface area contributed by atoms with Crippen molar-refractivity contribution >= 4 is 17.4 Å². The Kier molecular flexibility index (Phi) is 9.64. The molecule has 1 heterocycles. The van der Waals surface area contributed by atoms with Crippen molar-refractivity contribution in [3.63, 3.8) is 0 Å². The Bertz CT molecular complexity index is 1280. The first-order valence-corrected chi connectivity index (χ1v) is 12.9. The second-order valence-electron chi connectivity index (χ2n) is 10.3. The molecule has 40 heavy (non-hydrogen) atoms. The number of aryl methyl sites for hydroxylation is 2. The average Bonchev–Trinajstić information content (AvgIpc) is 2.97. The van der Waals surface area contributed by atoms with Crippen LogP contribution in [-0.2, 0) is 16.0 Å². The molecule has 0 bridgehead atoms. The second-order valence-corrected chi connectivity index (χ2v) is 10.3. The third kappa shape index (κ3) is 8.29. The molecule has 3 atom stereocenters. The Labute approximate surface area is 229 Å². The number of hydrogen-bond acceptors (Lipinski definition) is 3. The quantitative estimate of drug-likeness (QED) is 0.258. The molecule has 216 valence electrons. The van der Waals surface area contributed by atoms with Gasteiger partial charge < -0.3 is 5.32 Å². The number of ketones is 1. The number of aliphatic imine (C=N–C) groups is 1. The van der Waals surface area contributed by atoms with E-state index in [9.17, 15) is 35.9 Å². The van der Waals surface area contributed by atoms with Crippen LogP contribution in [0.1, 0.15) is 60.4 Å². The number of amides is 1. The number of carbonyl (C=O) groups is 2. The van der Waals surface area contributed by atoms with Gasteiger partial charge in [-0.2, -0.15) is 26.3 Å². The van der Waals surface area contributed by atoms with Gasteiger partial charge in [-0.3, -0.25) is 14.6 Å². The summed E-state index contributed by atoms with van der Waals surface area (Å²) in [5.41, 5.74) is 5.43. The highest BCUT2D eigenvalue weighted by Gasteiger charge is 2.39. The molecule has 2 aromatic rings. The van der Waals surface area contributed by atoms with Crippen molar-refractivity contribution in [3.8, 4) is 0 Å². The minimum atomic E-state index is -4.66. The molecule has 3 rings (SSSR count). The molecule has 0 fully saturated rings. The van der Waals surface area contributed by atoms with Crippen molar-refractivity contribution in [2.24, 2.45) is 16.8 Å². The highest BCUT2D eigenvalue weighted by Crippen LogP contribution is 2.34. The van der Waals surface area contributed by atoms with Crippen molar-refractivity contribution in [2.45, 2.75) is 71.4 Å². The SMILES string of the molecule is C=C1Cc2c(C)cc(C)cc2C(c2ccccc2)=N[C@@H]1NC(=O)[C@H](CCC(F)(F)F)[C@H](CCC(F)(F)F)C(C)=O. The lowest BCUT2D eigenvalue weighted by atomic mass is 9.81. The van der Waals surface area contributed by atoms with Crippen LogP contribution >= 0.6 is 0 Å². The maximum absolute atomic E-state index is 13.5. The van der Waals surface area contributed by atoms with E-state index in [-0.39, 0.29) is 0 Å². The van der Waals surface area contributed by atoms with Gasteiger partial charge in [0.1, 0.15) is 11.9 Å². The molecule has 1 N–H and O–H groups in total. The summed E-state index contributed by atoms with van der Waals surface area (Å²) in [5.74, 6) is -4.91. The summed E-state index contributed by atoms with van der Waals surface area (Å²) in [4.78, 5) is 30.6. The Morgan fingerprint density at radius 1 is 0.975 bits per heavy atom. The normalized spacial score (nSPS) is 17.4. The van der Waals surface area contributed by atoms with Gasteiger partial charge in [0.05, 0.1) is 5.71 Å². The number of nitrogens with one attached hydrogen (secondary N) is 1. The summed E-state index contributed by atoms with van der Waals surface area (Å²) < 4.78 is 78.3. The highest BCUT2D eigenvalue weighted by atomic mass is 19.4. The molecule has 1 aliphatic heterocycles. The lowest BCUT2D eigenvalue weighted by Gasteiger charge is -2.27. The fraction of sp³-hybridized carbons (Fsp3) is 0.433. The zero-order chi connectivity index (χ0) is 29.8. The van der Waals surface area contributed by atoms with E-state index in [1.807, 2.05) is 56.3 Å². The van der Waals surface area contributed by atoms with Crippen molar-refractivity contribution in [3.05, 3.63) is 82.4 Å². The molecule has 0 radical (unpaired) electrons. The number of rotatable bonds is 9. The summed E-state index contributed by atoms with van der Waals surface area (Å²) in [7, 11) is 0. The van der Waals surface area contributed by atoms with Crippen LogP contribution < -0.4 is 5.32 Å². The number of nitrogens with zero attached hydrogens (tertiary/aromatic N) is 1. The molecular weight excluding hydrogens is 534 g/mol. The number of carbonyl (C=O) groups excluding carboxylic acids is 2.